The summed E-state index contributed by atoms with van der Waals surface area (Å²) in [6.45, 7) is 2.49. The molecule has 1 saturated heterocycles. The van der Waals surface area contributed by atoms with Crippen molar-refractivity contribution in [3.63, 3.8) is 0 Å². The normalized spacial score (nSPS) is 14.7. The van der Waals surface area contributed by atoms with Gasteiger partial charge in [0.25, 0.3) is 15.9 Å². The predicted octanol–water partition coefficient (Wildman–Crippen LogP) is 2.41. The summed E-state index contributed by atoms with van der Waals surface area (Å²) in [6.07, 6.45) is 0. The maximum Gasteiger partial charge on any atom is 0.265 e. The summed E-state index contributed by atoms with van der Waals surface area (Å²) in [7, 11) is -2.45. The fourth-order valence-electron chi connectivity index (χ4n) is 2.78. The van der Waals surface area contributed by atoms with Crippen molar-refractivity contribution >= 4 is 37.5 Å². The lowest BCUT2D eigenvalue weighted by atomic mass is 10.1. The van der Waals surface area contributed by atoms with Crippen LogP contribution in [0.1, 0.15) is 10.4 Å². The number of anilines is 1. The van der Waals surface area contributed by atoms with Crippen molar-refractivity contribution in [1.29, 1.82) is 0 Å². The first-order valence-corrected chi connectivity index (χ1v) is 10.5. The lowest BCUT2D eigenvalue weighted by Gasteiger charge is -2.30. The van der Waals surface area contributed by atoms with Crippen LogP contribution in [0, 0.1) is 0 Å². The number of ether oxygens (including phenoxy) is 2. The quantitative estimate of drug-likeness (QED) is 0.746. The molecule has 0 saturated carbocycles. The molecule has 0 atom stereocenters. The Balaban J connectivity index is 1.87. The third kappa shape index (κ3) is 4.42. The number of carbonyl (C=O) groups is 1. The molecule has 0 unspecified atom stereocenters. The van der Waals surface area contributed by atoms with Gasteiger partial charge >= 0.3 is 0 Å². The number of nitrogens with zero attached hydrogens (tertiary/aromatic N) is 1. The van der Waals surface area contributed by atoms with Crippen molar-refractivity contribution < 1.29 is 22.7 Å². The first-order chi connectivity index (χ1) is 12.9. The Kier molecular flexibility index (Phi) is 6.03. The Labute approximate surface area is 166 Å². The van der Waals surface area contributed by atoms with Crippen LogP contribution >= 0.6 is 15.9 Å². The van der Waals surface area contributed by atoms with E-state index >= 15 is 0 Å². The minimum Gasteiger partial charge on any atom is -0.495 e. The summed E-state index contributed by atoms with van der Waals surface area (Å²) >= 11 is 3.20. The highest BCUT2D eigenvalue weighted by Crippen LogP contribution is 2.30. The van der Waals surface area contributed by atoms with Crippen LogP contribution in [0.5, 0.6) is 5.75 Å². The predicted molar refractivity (Wildman–Crippen MR) is 105 cm³/mol. The first-order valence-electron chi connectivity index (χ1n) is 8.25. The topological polar surface area (TPSA) is 84.9 Å². The van der Waals surface area contributed by atoms with E-state index in [0.29, 0.717) is 36.5 Å². The van der Waals surface area contributed by atoms with Crippen LogP contribution in [0.3, 0.4) is 0 Å². The highest BCUT2D eigenvalue weighted by Gasteiger charge is 2.23. The van der Waals surface area contributed by atoms with Gasteiger partial charge in [0.1, 0.15) is 10.6 Å². The highest BCUT2D eigenvalue weighted by atomic mass is 79.9. The molecule has 0 radical (unpaired) electrons. The molecule has 27 heavy (non-hydrogen) atoms. The van der Waals surface area contributed by atoms with Crippen molar-refractivity contribution in [3.8, 4) is 5.75 Å². The van der Waals surface area contributed by atoms with E-state index in [-0.39, 0.29) is 10.5 Å². The maximum absolute atomic E-state index is 12.6. The Morgan fingerprint density at radius 1 is 1.19 bits per heavy atom. The van der Waals surface area contributed by atoms with E-state index in [2.05, 4.69) is 20.7 Å². The van der Waals surface area contributed by atoms with Crippen LogP contribution in [0.25, 0.3) is 0 Å². The summed E-state index contributed by atoms with van der Waals surface area (Å²) in [5, 5.41) is 0. The van der Waals surface area contributed by atoms with E-state index in [1.54, 1.807) is 37.4 Å². The second-order valence-corrected chi connectivity index (χ2v) is 8.36. The summed E-state index contributed by atoms with van der Waals surface area (Å²) in [4.78, 5) is 14.6. The monoisotopic (exact) mass is 454 g/mol. The van der Waals surface area contributed by atoms with Gasteiger partial charge in [-0.1, -0.05) is 12.1 Å². The van der Waals surface area contributed by atoms with Crippen LogP contribution in [0.4, 0.5) is 5.69 Å². The van der Waals surface area contributed by atoms with E-state index in [4.69, 9.17) is 9.47 Å². The SMILES string of the molecule is COc1ccc(C(=O)NS(=O)(=O)c2ccccc2Br)cc1N1CCOCC1. The van der Waals surface area contributed by atoms with Gasteiger partial charge < -0.3 is 14.4 Å². The number of sulfonamides is 1. The molecule has 2 aromatic rings. The number of benzene rings is 2. The number of morpholine rings is 1. The van der Waals surface area contributed by atoms with Crippen LogP contribution < -0.4 is 14.4 Å². The molecule has 0 aromatic heterocycles. The number of hydrogen-bond donors (Lipinski definition) is 1. The van der Waals surface area contributed by atoms with E-state index in [1.165, 1.54) is 12.1 Å². The molecule has 1 N–H and O–H groups in total. The van der Waals surface area contributed by atoms with Gasteiger partial charge in [-0.2, -0.15) is 0 Å². The molecule has 0 aliphatic carbocycles. The van der Waals surface area contributed by atoms with Gasteiger partial charge in [0.2, 0.25) is 0 Å². The molecule has 144 valence electrons. The zero-order valence-corrected chi connectivity index (χ0v) is 17.0. The number of amides is 1. The van der Waals surface area contributed by atoms with Crippen LogP contribution in [-0.4, -0.2) is 47.7 Å². The standard InChI is InChI=1S/C18H19BrN2O5S/c1-25-16-7-6-13(12-15(16)21-8-10-26-11-9-21)18(22)20-27(23,24)17-5-3-2-4-14(17)19/h2-7,12H,8-11H2,1H3,(H,20,22). The fourth-order valence-corrected chi connectivity index (χ4v) is 4.76. The van der Waals surface area contributed by atoms with Crippen molar-refractivity contribution in [2.45, 2.75) is 4.90 Å². The fraction of sp³-hybridized carbons (Fsp3) is 0.278. The summed E-state index contributed by atoms with van der Waals surface area (Å²) in [6, 6.07) is 11.1. The molecule has 0 bridgehead atoms. The third-order valence-electron chi connectivity index (χ3n) is 4.15. The molecule has 9 heteroatoms. The lowest BCUT2D eigenvalue weighted by Crippen LogP contribution is -2.36. The smallest absolute Gasteiger partial charge is 0.265 e. The molecule has 1 aliphatic rings. The number of nitrogens with one attached hydrogen (secondary N) is 1. The van der Waals surface area contributed by atoms with Crippen molar-refractivity contribution in [2.75, 3.05) is 38.3 Å². The summed E-state index contributed by atoms with van der Waals surface area (Å²) < 4.78 is 38.3. The van der Waals surface area contributed by atoms with Crippen LogP contribution in [-0.2, 0) is 14.8 Å². The van der Waals surface area contributed by atoms with Gasteiger partial charge in [0, 0.05) is 23.1 Å². The highest BCUT2D eigenvalue weighted by molar-refractivity contribution is 9.10. The van der Waals surface area contributed by atoms with Crippen molar-refractivity contribution in [1.82, 2.24) is 4.72 Å². The van der Waals surface area contributed by atoms with Crippen molar-refractivity contribution in [2.24, 2.45) is 0 Å². The molecule has 7 nitrogen and oxygen atoms in total. The molecule has 1 aliphatic heterocycles. The van der Waals surface area contributed by atoms with Gasteiger partial charge in [-0.3, -0.25) is 4.79 Å². The van der Waals surface area contributed by atoms with Crippen LogP contribution in [0.15, 0.2) is 51.8 Å². The second kappa shape index (κ2) is 8.28. The third-order valence-corrected chi connectivity index (χ3v) is 6.49. The largest absolute Gasteiger partial charge is 0.495 e. The number of carbonyl (C=O) groups excluding carboxylic acids is 1. The van der Waals surface area contributed by atoms with Gasteiger partial charge in [-0.25, -0.2) is 13.1 Å². The molecule has 1 heterocycles. The Hall–Kier alpha value is -2.10. The molecule has 3 rings (SSSR count). The average Bonchev–Trinajstić information content (AvgIpc) is 2.68. The van der Waals surface area contributed by atoms with Crippen LogP contribution in [0.2, 0.25) is 0 Å². The Morgan fingerprint density at radius 2 is 1.89 bits per heavy atom. The number of methoxy groups -OCH3 is 1. The van der Waals surface area contributed by atoms with E-state index in [9.17, 15) is 13.2 Å². The van der Waals surface area contributed by atoms with Gasteiger partial charge in [-0.15, -0.1) is 0 Å². The van der Waals surface area contributed by atoms with Gasteiger partial charge in [0.15, 0.2) is 0 Å². The number of halogens is 1. The average molecular weight is 455 g/mol. The Morgan fingerprint density at radius 3 is 2.56 bits per heavy atom. The second-order valence-electron chi connectivity index (χ2n) is 5.85. The van der Waals surface area contributed by atoms with Gasteiger partial charge in [0.05, 0.1) is 26.0 Å². The summed E-state index contributed by atoms with van der Waals surface area (Å²) in [5.41, 5.74) is 0.958. The summed E-state index contributed by atoms with van der Waals surface area (Å²) in [5.74, 6) is -0.0926. The number of hydrogen-bond acceptors (Lipinski definition) is 6. The molecule has 2 aromatic carbocycles. The van der Waals surface area contributed by atoms with Gasteiger partial charge in [-0.05, 0) is 46.3 Å². The molecular weight excluding hydrogens is 436 g/mol. The zero-order chi connectivity index (χ0) is 19.4. The Bertz CT molecular complexity index is 943. The molecule has 1 amide bonds. The number of rotatable bonds is 5. The minimum absolute atomic E-state index is 0.000245. The molecule has 0 spiro atoms. The van der Waals surface area contributed by atoms with E-state index in [1.807, 2.05) is 4.90 Å². The lowest BCUT2D eigenvalue weighted by molar-refractivity contribution is 0.0981. The molecule has 1 fully saturated rings. The van der Waals surface area contributed by atoms with E-state index in [0.717, 1.165) is 5.69 Å². The zero-order valence-electron chi connectivity index (χ0n) is 14.6. The molecular formula is C18H19BrN2O5S. The first kappa shape index (κ1) is 19.7. The maximum atomic E-state index is 12.6. The minimum atomic E-state index is -4.00. The van der Waals surface area contributed by atoms with E-state index < -0.39 is 15.9 Å². The van der Waals surface area contributed by atoms with Crippen molar-refractivity contribution in [3.05, 3.63) is 52.5 Å².